The molecule has 1 rings (SSSR count). The maximum atomic E-state index is 11.2. The Hall–Kier alpha value is -0.620. The number of benzene rings is 1. The average Bonchev–Trinajstić information content (AvgIpc) is 2.27. The lowest BCUT2D eigenvalue weighted by atomic mass is 10.1. The number of halogens is 1. The summed E-state index contributed by atoms with van der Waals surface area (Å²) < 4.78 is 24.7. The number of sulfonamides is 1. The van der Waals surface area contributed by atoms with Crippen LogP contribution < -0.4 is 4.72 Å². The van der Waals surface area contributed by atoms with Crippen LogP contribution in [0.3, 0.4) is 0 Å². The molecule has 0 aliphatic carbocycles. The van der Waals surface area contributed by atoms with Gasteiger partial charge in [-0.15, -0.1) is 11.6 Å². The van der Waals surface area contributed by atoms with Crippen LogP contribution in [-0.2, 0) is 10.0 Å². The predicted molar refractivity (Wildman–Crippen MR) is 59.0 cm³/mol. The van der Waals surface area contributed by atoms with Gasteiger partial charge in [-0.3, -0.25) is 0 Å². The Morgan fingerprint density at radius 1 is 1.33 bits per heavy atom. The third kappa shape index (κ3) is 3.79. The predicted octanol–water partition coefficient (Wildman–Crippen LogP) is 0.836. The van der Waals surface area contributed by atoms with Crippen LogP contribution in [0.2, 0.25) is 0 Å². The van der Waals surface area contributed by atoms with E-state index < -0.39 is 21.3 Å². The van der Waals surface area contributed by atoms with Crippen LogP contribution in [0.15, 0.2) is 30.3 Å². The Labute approximate surface area is 93.9 Å². The zero-order valence-electron chi connectivity index (χ0n) is 7.93. The molecule has 0 radical (unpaired) electrons. The monoisotopic (exact) mass is 249 g/mol. The van der Waals surface area contributed by atoms with Crippen molar-refractivity contribution in [2.45, 2.75) is 6.04 Å². The van der Waals surface area contributed by atoms with E-state index in [1.54, 1.807) is 24.3 Å². The Kier molecular flexibility index (Phi) is 4.53. The highest BCUT2D eigenvalue weighted by Crippen LogP contribution is 2.12. The highest BCUT2D eigenvalue weighted by molar-refractivity contribution is 7.90. The van der Waals surface area contributed by atoms with E-state index >= 15 is 0 Å². The molecule has 6 heteroatoms. The zero-order chi connectivity index (χ0) is 11.3. The first kappa shape index (κ1) is 12.4. The van der Waals surface area contributed by atoms with Gasteiger partial charge in [0.2, 0.25) is 10.0 Å². The Morgan fingerprint density at radius 3 is 2.40 bits per heavy atom. The summed E-state index contributed by atoms with van der Waals surface area (Å²) in [7, 11) is -3.52. The third-order valence-electron chi connectivity index (χ3n) is 1.85. The van der Waals surface area contributed by atoms with E-state index in [2.05, 4.69) is 4.72 Å². The fraction of sp³-hybridized carbons (Fsp3) is 0.333. The molecule has 0 saturated heterocycles. The summed E-state index contributed by atoms with van der Waals surface area (Å²) in [5, 5.41) is 8.55. The van der Waals surface area contributed by atoms with Gasteiger partial charge in [0.05, 0.1) is 12.6 Å². The molecule has 0 bridgehead atoms. The van der Waals surface area contributed by atoms with Crippen molar-refractivity contribution >= 4 is 21.6 Å². The second-order valence-corrected chi connectivity index (χ2v) is 5.33. The summed E-state index contributed by atoms with van der Waals surface area (Å²) in [6, 6.07) is 8.18. The summed E-state index contributed by atoms with van der Waals surface area (Å²) >= 11 is 5.25. The normalized spacial score (nSPS) is 13.7. The van der Waals surface area contributed by atoms with Crippen molar-refractivity contribution < 1.29 is 13.5 Å². The topological polar surface area (TPSA) is 66.4 Å². The molecule has 1 aromatic carbocycles. The molecule has 0 aliphatic heterocycles. The molecule has 1 unspecified atom stereocenters. The first-order valence-corrected chi connectivity index (χ1v) is 6.49. The molecule has 0 amide bonds. The second-order valence-electron chi connectivity index (χ2n) is 2.99. The van der Waals surface area contributed by atoms with Gasteiger partial charge in [0.1, 0.15) is 5.21 Å². The van der Waals surface area contributed by atoms with Crippen LogP contribution in [0.5, 0.6) is 0 Å². The number of nitrogens with one attached hydrogen (secondary N) is 1. The Balaban J connectivity index is 2.83. The summed E-state index contributed by atoms with van der Waals surface area (Å²) in [6.07, 6.45) is 0. The van der Waals surface area contributed by atoms with Crippen molar-refractivity contribution in [3.63, 3.8) is 0 Å². The molecule has 0 aliphatic rings. The quantitative estimate of drug-likeness (QED) is 0.760. The van der Waals surface area contributed by atoms with Crippen molar-refractivity contribution in [1.82, 2.24) is 4.72 Å². The maximum absolute atomic E-state index is 11.2. The molecular formula is C9H12ClNO3S. The fourth-order valence-corrected chi connectivity index (χ4v) is 2.04. The van der Waals surface area contributed by atoms with E-state index in [4.69, 9.17) is 16.7 Å². The summed E-state index contributed by atoms with van der Waals surface area (Å²) in [4.78, 5) is 0. The highest BCUT2D eigenvalue weighted by atomic mass is 35.5. The number of hydrogen-bond acceptors (Lipinski definition) is 3. The van der Waals surface area contributed by atoms with Crippen molar-refractivity contribution in [1.29, 1.82) is 0 Å². The van der Waals surface area contributed by atoms with Gasteiger partial charge in [-0.2, -0.15) is 0 Å². The standard InChI is InChI=1S/C9H12ClNO3S/c10-7-15(13,14)11-9(6-12)8-4-2-1-3-5-8/h1-5,9,11-12H,6-7H2. The SMILES string of the molecule is O=S(=O)(CCl)NC(CO)c1ccccc1. The van der Waals surface area contributed by atoms with Crippen LogP contribution in [0.25, 0.3) is 0 Å². The third-order valence-corrected chi connectivity index (χ3v) is 3.64. The lowest BCUT2D eigenvalue weighted by Crippen LogP contribution is -2.31. The first-order valence-electron chi connectivity index (χ1n) is 4.31. The van der Waals surface area contributed by atoms with Gasteiger partial charge in [-0.1, -0.05) is 30.3 Å². The minimum absolute atomic E-state index is 0.305. The lowest BCUT2D eigenvalue weighted by molar-refractivity contribution is 0.259. The Morgan fingerprint density at radius 2 is 1.93 bits per heavy atom. The highest BCUT2D eigenvalue weighted by Gasteiger charge is 2.17. The zero-order valence-corrected chi connectivity index (χ0v) is 9.50. The van der Waals surface area contributed by atoms with Crippen LogP contribution in [-0.4, -0.2) is 25.3 Å². The molecule has 1 aromatic rings. The van der Waals surface area contributed by atoms with E-state index in [1.165, 1.54) is 0 Å². The second kappa shape index (κ2) is 5.46. The molecule has 0 aromatic heterocycles. The van der Waals surface area contributed by atoms with E-state index in [0.29, 0.717) is 5.56 Å². The largest absolute Gasteiger partial charge is 0.394 e. The maximum Gasteiger partial charge on any atom is 0.226 e. The summed E-state index contributed by atoms with van der Waals surface area (Å²) in [5.41, 5.74) is 0.702. The van der Waals surface area contributed by atoms with Gasteiger partial charge in [0.15, 0.2) is 0 Å². The summed E-state index contributed by atoms with van der Waals surface area (Å²) in [5.74, 6) is 0. The van der Waals surface area contributed by atoms with Crippen molar-refractivity contribution in [3.8, 4) is 0 Å². The van der Waals surface area contributed by atoms with Crippen molar-refractivity contribution in [3.05, 3.63) is 35.9 Å². The summed E-state index contributed by atoms with van der Waals surface area (Å²) in [6.45, 7) is -0.305. The lowest BCUT2D eigenvalue weighted by Gasteiger charge is -2.15. The van der Waals surface area contributed by atoms with Gasteiger partial charge in [0, 0.05) is 0 Å². The Bertz CT molecular complexity index is 393. The van der Waals surface area contributed by atoms with E-state index in [-0.39, 0.29) is 6.61 Å². The van der Waals surface area contributed by atoms with Crippen molar-refractivity contribution in [2.75, 3.05) is 11.8 Å². The first-order chi connectivity index (χ1) is 7.09. The van der Waals surface area contributed by atoms with Gasteiger partial charge in [-0.05, 0) is 5.56 Å². The molecule has 1 atom stereocenters. The minimum atomic E-state index is -3.52. The minimum Gasteiger partial charge on any atom is -0.394 e. The molecule has 0 fully saturated rings. The van der Waals surface area contributed by atoms with Crippen molar-refractivity contribution in [2.24, 2.45) is 0 Å². The smallest absolute Gasteiger partial charge is 0.226 e. The van der Waals surface area contributed by atoms with Gasteiger partial charge < -0.3 is 5.11 Å². The van der Waals surface area contributed by atoms with E-state index in [1.807, 2.05) is 6.07 Å². The molecule has 0 spiro atoms. The van der Waals surface area contributed by atoms with Crippen LogP contribution in [0.4, 0.5) is 0 Å². The fourth-order valence-electron chi connectivity index (χ4n) is 1.14. The van der Waals surface area contributed by atoms with Crippen LogP contribution in [0, 0.1) is 0 Å². The molecule has 0 heterocycles. The van der Waals surface area contributed by atoms with Gasteiger partial charge in [-0.25, -0.2) is 13.1 Å². The molecule has 84 valence electrons. The number of rotatable bonds is 5. The van der Waals surface area contributed by atoms with Crippen LogP contribution in [0.1, 0.15) is 11.6 Å². The molecule has 4 nitrogen and oxygen atoms in total. The number of hydrogen-bond donors (Lipinski definition) is 2. The molecule has 0 saturated carbocycles. The molecule has 15 heavy (non-hydrogen) atoms. The molecular weight excluding hydrogens is 238 g/mol. The molecule has 2 N–H and O–H groups in total. The number of aliphatic hydroxyl groups excluding tert-OH is 1. The van der Waals surface area contributed by atoms with Gasteiger partial charge >= 0.3 is 0 Å². The van der Waals surface area contributed by atoms with E-state index in [0.717, 1.165) is 0 Å². The van der Waals surface area contributed by atoms with Crippen LogP contribution >= 0.6 is 11.6 Å². The average molecular weight is 250 g/mol. The van der Waals surface area contributed by atoms with E-state index in [9.17, 15) is 8.42 Å². The van der Waals surface area contributed by atoms with Gasteiger partial charge in [0.25, 0.3) is 0 Å². The number of aliphatic hydroxyl groups is 1. The number of alkyl halides is 1.